The first kappa shape index (κ1) is 64.2. The van der Waals surface area contributed by atoms with Crippen molar-refractivity contribution in [3.8, 4) is 0 Å². The summed E-state index contributed by atoms with van der Waals surface area (Å²) < 4.78 is 0. The maximum atomic E-state index is 0. The van der Waals surface area contributed by atoms with Crippen LogP contribution >= 0.6 is 0 Å². The fourth-order valence-electron chi connectivity index (χ4n) is 0. The Hall–Kier alpha value is 1.19. The third kappa shape index (κ3) is 10.8. The van der Waals surface area contributed by atoms with Gasteiger partial charge in [0.05, 0.1) is 0 Å². The van der Waals surface area contributed by atoms with Gasteiger partial charge in [0.25, 0.3) is 0 Å². The van der Waals surface area contributed by atoms with Gasteiger partial charge in [0.2, 0.25) is 0 Å². The zero-order valence-electron chi connectivity index (χ0n) is 1.41. The Morgan fingerprint density at radius 3 is 0.500 bits per heavy atom. The van der Waals surface area contributed by atoms with Gasteiger partial charge in [-0.15, -0.1) is 0 Å². The second-order valence-corrected chi connectivity index (χ2v) is 0. The van der Waals surface area contributed by atoms with E-state index in [1.165, 1.54) is 0 Å². The van der Waals surface area contributed by atoms with Gasteiger partial charge in [0.1, 0.15) is 0 Å². The molecule has 0 radical (unpaired) electrons. The van der Waals surface area contributed by atoms with Gasteiger partial charge in [-0.05, 0) is 0 Å². The summed E-state index contributed by atoms with van der Waals surface area (Å²) in [6, 6.07) is 0. The van der Waals surface area contributed by atoms with Crippen LogP contribution in [-0.2, 0) is 0 Å². The van der Waals surface area contributed by atoms with E-state index in [1.54, 1.807) is 0 Å². The number of hydrogen-bond donors (Lipinski definition) is 2. The van der Waals surface area contributed by atoms with Gasteiger partial charge in [0, 0.05) is 0 Å². The normalized spacial score (nSPS) is 0. The zero-order chi connectivity index (χ0) is 0. The minimum atomic E-state index is 0. The quantitative estimate of drug-likeness (QED) is 0.421. The summed E-state index contributed by atoms with van der Waals surface area (Å²) in [6.07, 6.45) is 0. The topological polar surface area (TPSA) is 70.0 Å². The number of rotatable bonds is 0. The second-order valence-electron chi connectivity index (χ2n) is 0. The van der Waals surface area contributed by atoms with Gasteiger partial charge in [-0.2, -0.15) is 0 Å². The van der Waals surface area contributed by atoms with Crippen LogP contribution in [0.15, 0.2) is 0 Å². The van der Waals surface area contributed by atoms with E-state index >= 15 is 0 Å². The van der Waals surface area contributed by atoms with E-state index in [0.717, 1.165) is 0 Å². The van der Waals surface area contributed by atoms with Crippen molar-refractivity contribution in [2.24, 2.45) is 0 Å². The van der Waals surface area contributed by atoms with Gasteiger partial charge >= 0.3 is 39.6 Å². The average molecular weight is 180 g/mol. The first-order valence-electron chi connectivity index (χ1n) is 0. The molecule has 0 aliphatic carbocycles. The number of hydrogen-bond acceptors (Lipinski definition) is 2. The molecule has 0 atom stereocenters. The minimum absolute atomic E-state index is 0. The Kier molecular flexibility index (Phi) is 482. The van der Waals surface area contributed by atoms with E-state index in [1.807, 2.05) is 0 Å². The fourth-order valence-corrected chi connectivity index (χ4v) is 0. The molecule has 0 bridgehead atoms. The molecule has 0 aromatic carbocycles. The molecule has 0 aromatic heterocycles. The molecule has 4 heavy (non-hydrogen) atoms. The second kappa shape index (κ2) is 30.0. The van der Waals surface area contributed by atoms with Crippen molar-refractivity contribution in [2.45, 2.75) is 0 Å². The van der Waals surface area contributed by atoms with Crippen molar-refractivity contribution in [3.05, 3.63) is 0 Å². The first-order chi connectivity index (χ1) is 0. The van der Waals surface area contributed by atoms with E-state index in [2.05, 4.69) is 0 Å². The standard InChI is InChI=1S/2Ga.2H3N.6H/h;;2*1H3;;;;;;. The summed E-state index contributed by atoms with van der Waals surface area (Å²) in [7, 11) is 0. The van der Waals surface area contributed by atoms with E-state index in [0.29, 0.717) is 0 Å². The molecule has 0 aliphatic rings. The van der Waals surface area contributed by atoms with Crippen LogP contribution in [0.3, 0.4) is 0 Å². The van der Waals surface area contributed by atoms with Gasteiger partial charge in [0.15, 0.2) is 0 Å². The van der Waals surface area contributed by atoms with Crippen LogP contribution in [0.1, 0.15) is 0 Å². The van der Waals surface area contributed by atoms with Gasteiger partial charge in [-0.3, -0.25) is 0 Å². The van der Waals surface area contributed by atoms with E-state index < -0.39 is 0 Å². The van der Waals surface area contributed by atoms with E-state index in [9.17, 15) is 0 Å². The Bertz CT molecular complexity index is 4.00. The van der Waals surface area contributed by atoms with Gasteiger partial charge < -0.3 is 12.3 Å². The van der Waals surface area contributed by atoms with Crippen molar-refractivity contribution in [1.82, 2.24) is 12.3 Å². The predicted molar refractivity (Wildman–Crippen MR) is 29.9 cm³/mol. The molecule has 0 unspecified atom stereocenters. The molecule has 0 amide bonds. The molecule has 0 saturated heterocycles. The third-order valence-corrected chi connectivity index (χ3v) is 0. The Morgan fingerprint density at radius 2 is 0.500 bits per heavy atom. The summed E-state index contributed by atoms with van der Waals surface area (Å²) in [5.74, 6) is 0. The summed E-state index contributed by atoms with van der Waals surface area (Å²) in [4.78, 5) is 0. The van der Waals surface area contributed by atoms with Crippen molar-refractivity contribution >= 4 is 39.6 Å². The predicted octanol–water partition coefficient (Wildman–Crippen LogP) is -2.04. The average Bonchev–Trinajstić information content (AvgIpc) is 0. The van der Waals surface area contributed by atoms with E-state index in [4.69, 9.17) is 0 Å². The molecule has 4 heteroatoms. The molecule has 0 aliphatic heterocycles. The summed E-state index contributed by atoms with van der Waals surface area (Å²) in [5.41, 5.74) is 0. The van der Waals surface area contributed by atoms with Crippen LogP contribution in [0.2, 0.25) is 0 Å². The molecule has 0 aromatic rings. The SMILES string of the molecule is N.N.[GaH3].[GaH3]. The molecule has 0 heterocycles. The Labute approximate surface area is 52.0 Å². The Morgan fingerprint density at radius 1 is 0.500 bits per heavy atom. The maximum absolute atomic E-state index is 0. The van der Waals surface area contributed by atoms with Crippen LogP contribution in [0, 0.1) is 0 Å². The molecule has 0 saturated carbocycles. The fraction of sp³-hybridized carbons (Fsp3) is 0. The Balaban J connectivity index is 0. The van der Waals surface area contributed by atoms with Crippen molar-refractivity contribution in [2.75, 3.05) is 0 Å². The van der Waals surface area contributed by atoms with Crippen LogP contribution < -0.4 is 12.3 Å². The van der Waals surface area contributed by atoms with Crippen LogP contribution in [-0.4, -0.2) is 39.6 Å². The molecule has 0 fully saturated rings. The summed E-state index contributed by atoms with van der Waals surface area (Å²) in [5, 5.41) is 0. The summed E-state index contributed by atoms with van der Waals surface area (Å²) >= 11 is 0. The van der Waals surface area contributed by atoms with Crippen molar-refractivity contribution in [1.29, 1.82) is 0 Å². The molecule has 2 nitrogen and oxygen atoms in total. The first-order valence-corrected chi connectivity index (χ1v) is 0. The molecule has 28 valence electrons. The third-order valence-electron chi connectivity index (χ3n) is 0. The van der Waals surface area contributed by atoms with Crippen molar-refractivity contribution < 1.29 is 0 Å². The van der Waals surface area contributed by atoms with Crippen LogP contribution in [0.5, 0.6) is 0 Å². The molecule has 6 N–H and O–H groups in total. The van der Waals surface area contributed by atoms with E-state index in [-0.39, 0.29) is 51.9 Å². The molecule has 0 rings (SSSR count). The van der Waals surface area contributed by atoms with Crippen molar-refractivity contribution in [3.63, 3.8) is 0 Å². The summed E-state index contributed by atoms with van der Waals surface area (Å²) in [6.45, 7) is 0. The zero-order valence-corrected chi connectivity index (χ0v) is 1.41. The molecular formula is H12Ga2N2. The van der Waals surface area contributed by atoms with Gasteiger partial charge in [-0.1, -0.05) is 0 Å². The molecule has 0 spiro atoms. The van der Waals surface area contributed by atoms with Crippen LogP contribution in [0.25, 0.3) is 0 Å². The van der Waals surface area contributed by atoms with Crippen LogP contribution in [0.4, 0.5) is 0 Å². The monoisotopic (exact) mass is 178 g/mol. The van der Waals surface area contributed by atoms with Gasteiger partial charge in [-0.25, -0.2) is 0 Å². The molecular weight excluding hydrogens is 167 g/mol.